The van der Waals surface area contributed by atoms with Gasteiger partial charge in [0.05, 0.1) is 7.11 Å². The fraction of sp³-hybridized carbons (Fsp3) is 0.440. The van der Waals surface area contributed by atoms with E-state index in [1.54, 1.807) is 7.11 Å². The van der Waals surface area contributed by atoms with E-state index >= 15 is 0 Å². The van der Waals surface area contributed by atoms with Crippen LogP contribution in [0.1, 0.15) is 72.1 Å². The molecule has 1 aliphatic rings. The molecule has 0 aromatic heterocycles. The second-order valence-electron chi connectivity index (χ2n) is 9.65. The van der Waals surface area contributed by atoms with Gasteiger partial charge in [0, 0.05) is 11.1 Å². The zero-order valence-electron chi connectivity index (χ0n) is 19.6. The zero-order valence-corrected chi connectivity index (χ0v) is 18.6. The maximum absolute atomic E-state index is 5.92. The number of methoxy groups -OCH3 is 1. The largest absolute Gasteiger partial charge is 1.00 e. The number of benzene rings is 2. The smallest absolute Gasteiger partial charge is 1.00 e. The fourth-order valence-electron chi connectivity index (χ4n) is 3.91. The summed E-state index contributed by atoms with van der Waals surface area (Å²) in [5.74, 6) is 1.04. The van der Waals surface area contributed by atoms with Gasteiger partial charge >= 0.3 is 18.9 Å². The number of rotatable bonds is 2. The quantitative estimate of drug-likeness (QED) is 0.738. The van der Waals surface area contributed by atoms with E-state index in [9.17, 15) is 0 Å². The summed E-state index contributed by atoms with van der Waals surface area (Å²) in [6.45, 7) is 15.8. The molecule has 0 aliphatic heterocycles. The van der Waals surface area contributed by atoms with Gasteiger partial charge in [-0.05, 0) is 58.6 Å². The Morgan fingerprint density at radius 3 is 1.96 bits per heavy atom. The van der Waals surface area contributed by atoms with Crippen molar-refractivity contribution in [1.29, 1.82) is 0 Å². The Hall–Kier alpha value is -1.42. The van der Waals surface area contributed by atoms with Crippen molar-refractivity contribution in [2.45, 2.75) is 65.7 Å². The molecule has 27 heavy (non-hydrogen) atoms. The van der Waals surface area contributed by atoms with Crippen molar-refractivity contribution >= 4 is 6.08 Å². The third-order valence-corrected chi connectivity index (χ3v) is 5.28. The predicted molar refractivity (Wildman–Crippen MR) is 114 cm³/mol. The molecule has 1 aliphatic carbocycles. The molecule has 2 heteroatoms. The summed E-state index contributed by atoms with van der Waals surface area (Å²) in [4.78, 5) is 0. The normalized spacial score (nSPS) is 13.7. The van der Waals surface area contributed by atoms with Crippen LogP contribution in [0.25, 0.3) is 17.2 Å². The van der Waals surface area contributed by atoms with Crippen LogP contribution in [0.5, 0.6) is 5.75 Å². The number of hydrogen-bond acceptors (Lipinski definition) is 1. The first-order valence-electron chi connectivity index (χ1n) is 9.55. The van der Waals surface area contributed by atoms with Crippen molar-refractivity contribution < 1.29 is 25.0 Å². The molecule has 0 bridgehead atoms. The van der Waals surface area contributed by atoms with Gasteiger partial charge in [-0.1, -0.05) is 71.4 Å². The van der Waals surface area contributed by atoms with Crippen LogP contribution in [0.15, 0.2) is 35.9 Å². The summed E-state index contributed by atoms with van der Waals surface area (Å²) in [7, 11) is 1.80. The van der Waals surface area contributed by atoms with E-state index in [1.165, 1.54) is 39.0 Å². The molecule has 0 N–H and O–H groups in total. The summed E-state index contributed by atoms with van der Waals surface area (Å²) >= 11 is 0. The maximum Gasteiger partial charge on any atom is 1.00 e. The van der Waals surface area contributed by atoms with Crippen LogP contribution in [0, 0.1) is 0 Å². The van der Waals surface area contributed by atoms with Crippen LogP contribution in [-0.4, -0.2) is 7.11 Å². The van der Waals surface area contributed by atoms with E-state index < -0.39 is 0 Å². The van der Waals surface area contributed by atoms with Gasteiger partial charge in [-0.3, -0.25) is 0 Å². The Morgan fingerprint density at radius 2 is 1.48 bits per heavy atom. The first-order chi connectivity index (χ1) is 12.0. The van der Waals surface area contributed by atoms with E-state index in [4.69, 9.17) is 4.74 Å². The summed E-state index contributed by atoms with van der Waals surface area (Å²) < 4.78 is 5.92. The first kappa shape index (κ1) is 21.9. The van der Waals surface area contributed by atoms with Crippen molar-refractivity contribution in [3.05, 3.63) is 58.2 Å². The molecule has 0 atom stereocenters. The average Bonchev–Trinajstić information content (AvgIpc) is 2.91. The fourth-order valence-corrected chi connectivity index (χ4v) is 3.91. The Balaban J connectivity index is 0.00000196. The molecule has 0 spiro atoms. The van der Waals surface area contributed by atoms with Gasteiger partial charge in [0.2, 0.25) is 0 Å². The Morgan fingerprint density at radius 1 is 0.926 bits per heavy atom. The molecule has 0 saturated carbocycles. The number of fused-ring (bicyclic) bond motifs is 1. The van der Waals surface area contributed by atoms with Gasteiger partial charge in [-0.15, -0.1) is 0 Å². The standard InChI is InChI=1S/C25H32O.Li.H/c1-16-12-17-10-9-11-19(20(17)13-16)18-14-21(24(2,3)4)23(26-8)22(15-18)25(5,6)7;;/h9-11,13-15H,12H2,1-8H3;;/q;+1;-1. The Labute approximate surface area is 178 Å². The van der Waals surface area contributed by atoms with E-state index in [-0.39, 0.29) is 31.1 Å². The van der Waals surface area contributed by atoms with E-state index in [0.717, 1.165) is 12.2 Å². The van der Waals surface area contributed by atoms with E-state index in [2.05, 4.69) is 84.9 Å². The van der Waals surface area contributed by atoms with Crippen LogP contribution in [0.4, 0.5) is 0 Å². The van der Waals surface area contributed by atoms with Crippen molar-refractivity contribution in [3.63, 3.8) is 0 Å². The van der Waals surface area contributed by atoms with Crippen LogP contribution in [-0.2, 0) is 17.3 Å². The summed E-state index contributed by atoms with van der Waals surface area (Å²) in [5.41, 5.74) is 9.48. The zero-order chi connectivity index (χ0) is 19.3. The van der Waals surface area contributed by atoms with Crippen molar-refractivity contribution in [1.82, 2.24) is 0 Å². The van der Waals surface area contributed by atoms with Crippen LogP contribution >= 0.6 is 0 Å². The molecular weight excluding hydrogens is 323 g/mol. The first-order valence-corrected chi connectivity index (χ1v) is 9.55. The summed E-state index contributed by atoms with van der Waals surface area (Å²) in [6, 6.07) is 11.4. The molecular formula is C25H33LiO. The number of ether oxygens (including phenoxy) is 1. The van der Waals surface area contributed by atoms with Crippen LogP contribution in [0.2, 0.25) is 0 Å². The number of hydrogen-bond donors (Lipinski definition) is 0. The van der Waals surface area contributed by atoms with Crippen molar-refractivity contribution in [3.8, 4) is 16.9 Å². The molecule has 2 aromatic rings. The number of allylic oxidation sites excluding steroid dienone is 1. The van der Waals surface area contributed by atoms with Gasteiger partial charge in [-0.2, -0.15) is 0 Å². The minimum absolute atomic E-state index is 0. The molecule has 0 saturated heterocycles. The van der Waals surface area contributed by atoms with E-state index in [1.807, 2.05) is 0 Å². The summed E-state index contributed by atoms with van der Waals surface area (Å²) in [6.07, 6.45) is 3.42. The third-order valence-electron chi connectivity index (χ3n) is 5.28. The van der Waals surface area contributed by atoms with E-state index in [0.29, 0.717) is 0 Å². The molecule has 140 valence electrons. The maximum atomic E-state index is 5.92. The van der Waals surface area contributed by atoms with Crippen molar-refractivity contribution in [2.24, 2.45) is 0 Å². The Bertz CT molecular complexity index is 847. The van der Waals surface area contributed by atoms with Crippen LogP contribution in [0.3, 0.4) is 0 Å². The molecule has 0 heterocycles. The molecule has 0 amide bonds. The minimum Gasteiger partial charge on any atom is -1.00 e. The summed E-state index contributed by atoms with van der Waals surface area (Å²) in [5, 5.41) is 0. The third kappa shape index (κ3) is 4.21. The van der Waals surface area contributed by atoms with Gasteiger partial charge in [0.1, 0.15) is 5.75 Å². The monoisotopic (exact) mass is 356 g/mol. The molecule has 2 aromatic carbocycles. The molecule has 0 radical (unpaired) electrons. The second-order valence-corrected chi connectivity index (χ2v) is 9.65. The van der Waals surface area contributed by atoms with Crippen molar-refractivity contribution in [2.75, 3.05) is 7.11 Å². The molecule has 0 unspecified atom stereocenters. The molecule has 1 nitrogen and oxygen atoms in total. The van der Waals surface area contributed by atoms with Crippen LogP contribution < -0.4 is 23.6 Å². The topological polar surface area (TPSA) is 9.23 Å². The second kappa shape index (κ2) is 7.54. The van der Waals surface area contributed by atoms with Gasteiger partial charge < -0.3 is 6.16 Å². The van der Waals surface area contributed by atoms with Gasteiger partial charge in [0.15, 0.2) is 0 Å². The average molecular weight is 356 g/mol. The SMILES string of the molecule is COc1c(C(C)(C)C)cc(-c2cccc3c2C=C(C)C3)cc1C(C)(C)C.[H-].[Li+]. The van der Waals surface area contributed by atoms with Gasteiger partial charge in [0.25, 0.3) is 0 Å². The minimum atomic E-state index is 0. The predicted octanol–water partition coefficient (Wildman–Crippen LogP) is 4.03. The van der Waals surface area contributed by atoms with Gasteiger partial charge in [-0.25, -0.2) is 0 Å². The Kier molecular flexibility index (Phi) is 6.11. The molecule has 3 rings (SSSR count). The molecule has 0 fully saturated rings.